The van der Waals surface area contributed by atoms with E-state index in [4.69, 9.17) is 16.3 Å². The molecule has 0 saturated heterocycles. The molecule has 104 valence electrons. The Balaban J connectivity index is 1.94. The summed E-state index contributed by atoms with van der Waals surface area (Å²) in [6.45, 7) is 0. The number of ether oxygens (including phenoxy) is 1. The Labute approximate surface area is 119 Å². The van der Waals surface area contributed by atoms with Crippen molar-refractivity contribution in [2.24, 2.45) is 0 Å². The van der Waals surface area contributed by atoms with E-state index in [2.05, 4.69) is 6.07 Å². The Morgan fingerprint density at radius 2 is 2.00 bits per heavy atom. The van der Waals surface area contributed by atoms with Gasteiger partial charge < -0.3 is 9.84 Å². The summed E-state index contributed by atoms with van der Waals surface area (Å²) < 4.78 is 5.49. The molecule has 1 aromatic rings. The van der Waals surface area contributed by atoms with E-state index in [1.165, 1.54) is 31.2 Å². The summed E-state index contributed by atoms with van der Waals surface area (Å²) in [5, 5.41) is 10.8. The van der Waals surface area contributed by atoms with Crippen LogP contribution < -0.4 is 4.74 Å². The van der Waals surface area contributed by atoms with Gasteiger partial charge in [0.1, 0.15) is 5.75 Å². The molecule has 2 nitrogen and oxygen atoms in total. The van der Waals surface area contributed by atoms with Gasteiger partial charge in [-0.15, -0.1) is 0 Å². The predicted octanol–water partition coefficient (Wildman–Crippen LogP) is 4.07. The molecular weight excluding hydrogens is 260 g/mol. The highest BCUT2D eigenvalue weighted by atomic mass is 35.5. The molecule has 19 heavy (non-hydrogen) atoms. The highest BCUT2D eigenvalue weighted by Crippen LogP contribution is 2.44. The van der Waals surface area contributed by atoms with Gasteiger partial charge in [0, 0.05) is 6.42 Å². The molecule has 0 amide bonds. The van der Waals surface area contributed by atoms with E-state index in [1.54, 1.807) is 7.11 Å². The first-order valence-electron chi connectivity index (χ1n) is 7.20. The molecule has 0 radical (unpaired) electrons. The molecule has 0 heterocycles. The van der Waals surface area contributed by atoms with Crippen LogP contribution in [0, 0.1) is 0 Å². The Morgan fingerprint density at radius 3 is 2.58 bits per heavy atom. The maximum Gasteiger partial charge on any atom is 0.140 e. The van der Waals surface area contributed by atoms with Gasteiger partial charge in [-0.25, -0.2) is 0 Å². The minimum Gasteiger partial charge on any atom is -0.495 e. The van der Waals surface area contributed by atoms with Gasteiger partial charge in [-0.1, -0.05) is 30.5 Å². The van der Waals surface area contributed by atoms with Crippen molar-refractivity contribution in [3.05, 3.63) is 28.3 Å². The fourth-order valence-corrected chi connectivity index (χ4v) is 3.56. The minimum atomic E-state index is -0.467. The van der Waals surface area contributed by atoms with E-state index in [-0.39, 0.29) is 0 Å². The molecule has 1 aromatic carbocycles. The first-order chi connectivity index (χ1) is 9.11. The van der Waals surface area contributed by atoms with Gasteiger partial charge in [-0.2, -0.15) is 0 Å². The standard InChI is InChI=1S/C16H21ClO2/c1-19-15-13(12-4-2-3-5-12)8-11(9-14(15)17)10-16(18)6-7-16/h8-9,12,18H,2-7,10H2,1H3. The second kappa shape index (κ2) is 4.99. The van der Waals surface area contributed by atoms with Crippen LogP contribution >= 0.6 is 11.6 Å². The summed E-state index contributed by atoms with van der Waals surface area (Å²) in [6.07, 6.45) is 7.57. The van der Waals surface area contributed by atoms with Crippen LogP contribution in [0.3, 0.4) is 0 Å². The highest BCUT2D eigenvalue weighted by molar-refractivity contribution is 6.32. The van der Waals surface area contributed by atoms with Crippen LogP contribution in [0.25, 0.3) is 0 Å². The summed E-state index contributed by atoms with van der Waals surface area (Å²) in [5.74, 6) is 1.40. The van der Waals surface area contributed by atoms with Crippen molar-refractivity contribution in [2.75, 3.05) is 7.11 Å². The molecule has 3 rings (SSSR count). The van der Waals surface area contributed by atoms with Crippen molar-refractivity contribution in [1.82, 2.24) is 0 Å². The molecule has 0 atom stereocenters. The zero-order valence-corrected chi connectivity index (χ0v) is 12.2. The number of hydrogen-bond acceptors (Lipinski definition) is 2. The highest BCUT2D eigenvalue weighted by Gasteiger charge is 2.40. The molecule has 2 aliphatic rings. The van der Waals surface area contributed by atoms with Crippen LogP contribution in [0.15, 0.2) is 12.1 Å². The van der Waals surface area contributed by atoms with Crippen LogP contribution in [-0.4, -0.2) is 17.8 Å². The summed E-state index contributed by atoms with van der Waals surface area (Å²) in [7, 11) is 1.69. The average Bonchev–Trinajstić information content (AvgIpc) is 2.91. The molecular formula is C16H21ClO2. The van der Waals surface area contributed by atoms with Gasteiger partial charge in [0.15, 0.2) is 0 Å². The zero-order chi connectivity index (χ0) is 13.5. The number of hydrogen-bond donors (Lipinski definition) is 1. The third-order valence-electron chi connectivity index (χ3n) is 4.49. The molecule has 2 aliphatic carbocycles. The van der Waals surface area contributed by atoms with Crippen molar-refractivity contribution in [3.8, 4) is 5.75 Å². The monoisotopic (exact) mass is 280 g/mol. The second-order valence-corrected chi connectivity index (χ2v) is 6.49. The van der Waals surface area contributed by atoms with Gasteiger partial charge in [0.25, 0.3) is 0 Å². The normalized spacial score (nSPS) is 21.6. The SMILES string of the molecule is COc1c(Cl)cc(CC2(O)CC2)cc1C1CCCC1. The van der Waals surface area contributed by atoms with Crippen LogP contribution in [0.5, 0.6) is 5.75 Å². The van der Waals surface area contributed by atoms with Crippen molar-refractivity contribution in [2.45, 2.75) is 56.5 Å². The van der Waals surface area contributed by atoms with E-state index in [1.807, 2.05) is 6.07 Å². The molecule has 0 unspecified atom stereocenters. The summed E-state index contributed by atoms with van der Waals surface area (Å²) in [6, 6.07) is 4.16. The Kier molecular flexibility index (Phi) is 3.48. The molecule has 3 heteroatoms. The number of halogens is 1. The van der Waals surface area contributed by atoms with Crippen LogP contribution in [0.1, 0.15) is 55.6 Å². The van der Waals surface area contributed by atoms with Crippen molar-refractivity contribution in [3.63, 3.8) is 0 Å². The number of rotatable bonds is 4. The van der Waals surface area contributed by atoms with E-state index in [0.29, 0.717) is 10.9 Å². The molecule has 2 saturated carbocycles. The Bertz CT molecular complexity index is 474. The molecule has 2 fully saturated rings. The molecule has 1 N–H and O–H groups in total. The number of benzene rings is 1. The lowest BCUT2D eigenvalue weighted by Gasteiger charge is -2.18. The fourth-order valence-electron chi connectivity index (χ4n) is 3.23. The molecule has 0 aromatic heterocycles. The number of aliphatic hydroxyl groups is 1. The van der Waals surface area contributed by atoms with Crippen molar-refractivity contribution < 1.29 is 9.84 Å². The average molecular weight is 281 g/mol. The number of methoxy groups -OCH3 is 1. The second-order valence-electron chi connectivity index (χ2n) is 6.08. The summed E-state index contributed by atoms with van der Waals surface area (Å²) in [4.78, 5) is 0. The van der Waals surface area contributed by atoms with Crippen LogP contribution in [0.4, 0.5) is 0 Å². The van der Waals surface area contributed by atoms with Crippen molar-refractivity contribution in [1.29, 1.82) is 0 Å². The minimum absolute atomic E-state index is 0.467. The first kappa shape index (κ1) is 13.3. The molecule has 0 aliphatic heterocycles. The zero-order valence-electron chi connectivity index (χ0n) is 11.4. The first-order valence-corrected chi connectivity index (χ1v) is 7.58. The summed E-state index contributed by atoms with van der Waals surface area (Å²) in [5.41, 5.74) is 1.92. The lowest BCUT2D eigenvalue weighted by Crippen LogP contribution is -2.11. The summed E-state index contributed by atoms with van der Waals surface area (Å²) >= 11 is 6.36. The van der Waals surface area contributed by atoms with E-state index in [0.717, 1.165) is 30.6 Å². The third kappa shape index (κ3) is 2.75. The quantitative estimate of drug-likeness (QED) is 0.901. The van der Waals surface area contributed by atoms with Gasteiger partial charge in [-0.05, 0) is 48.8 Å². The lowest BCUT2D eigenvalue weighted by atomic mass is 9.93. The van der Waals surface area contributed by atoms with Crippen molar-refractivity contribution >= 4 is 11.6 Å². The topological polar surface area (TPSA) is 29.5 Å². The van der Waals surface area contributed by atoms with Gasteiger partial charge in [-0.3, -0.25) is 0 Å². The third-order valence-corrected chi connectivity index (χ3v) is 4.77. The van der Waals surface area contributed by atoms with Gasteiger partial charge in [0.2, 0.25) is 0 Å². The van der Waals surface area contributed by atoms with E-state index >= 15 is 0 Å². The largest absolute Gasteiger partial charge is 0.495 e. The maximum absolute atomic E-state index is 10.1. The Hall–Kier alpha value is -0.730. The van der Waals surface area contributed by atoms with Gasteiger partial charge >= 0.3 is 0 Å². The van der Waals surface area contributed by atoms with Crippen LogP contribution in [-0.2, 0) is 6.42 Å². The smallest absolute Gasteiger partial charge is 0.140 e. The predicted molar refractivity (Wildman–Crippen MR) is 77.1 cm³/mol. The molecule has 0 bridgehead atoms. The maximum atomic E-state index is 10.1. The fraction of sp³-hybridized carbons (Fsp3) is 0.625. The molecule has 0 spiro atoms. The lowest BCUT2D eigenvalue weighted by molar-refractivity contribution is 0.151. The van der Waals surface area contributed by atoms with Crippen LogP contribution in [0.2, 0.25) is 5.02 Å². The Morgan fingerprint density at radius 1 is 1.32 bits per heavy atom. The van der Waals surface area contributed by atoms with E-state index in [9.17, 15) is 5.11 Å². The van der Waals surface area contributed by atoms with E-state index < -0.39 is 5.60 Å². The van der Waals surface area contributed by atoms with Gasteiger partial charge in [0.05, 0.1) is 17.7 Å².